The van der Waals surface area contributed by atoms with Crippen LogP contribution in [0.5, 0.6) is 0 Å². The zero-order valence-corrected chi connectivity index (χ0v) is 8.22. The first kappa shape index (κ1) is 9.74. The molecule has 12 heavy (non-hydrogen) atoms. The van der Waals surface area contributed by atoms with Gasteiger partial charge >= 0.3 is 0 Å². The van der Waals surface area contributed by atoms with Crippen LogP contribution in [0.15, 0.2) is 10.5 Å². The van der Waals surface area contributed by atoms with Gasteiger partial charge in [0.25, 0.3) is 0 Å². The van der Waals surface area contributed by atoms with E-state index in [2.05, 4.69) is 15.9 Å². The van der Waals surface area contributed by atoms with E-state index in [1.807, 2.05) is 0 Å². The summed E-state index contributed by atoms with van der Waals surface area (Å²) in [6, 6.07) is 1.03. The third-order valence-electron chi connectivity index (χ3n) is 1.43. The van der Waals surface area contributed by atoms with E-state index >= 15 is 0 Å². The molecular weight excluding hydrogens is 251 g/mol. The molecule has 1 aromatic rings. The van der Waals surface area contributed by atoms with Crippen molar-refractivity contribution in [2.75, 3.05) is 5.73 Å². The zero-order chi connectivity index (χ0) is 9.30. The normalized spacial score (nSPS) is 10.3. The molecule has 0 atom stereocenters. The number of benzene rings is 1. The quantitative estimate of drug-likeness (QED) is 0.466. The first-order valence-corrected chi connectivity index (χ1v) is 4.38. The number of hydrogen-bond donors (Lipinski definition) is 1. The third-order valence-corrected chi connectivity index (χ3v) is 2.43. The average molecular weight is 256 g/mol. The molecule has 0 fully saturated rings. The molecular formula is C7H5BrClF2N. The Hall–Kier alpha value is -0.350. The van der Waals surface area contributed by atoms with Gasteiger partial charge in [0.1, 0.15) is 11.6 Å². The highest BCUT2D eigenvalue weighted by Gasteiger charge is 2.13. The van der Waals surface area contributed by atoms with Crippen molar-refractivity contribution in [3.63, 3.8) is 0 Å². The predicted molar refractivity (Wildman–Crippen MR) is 48.0 cm³/mol. The lowest BCUT2D eigenvalue weighted by atomic mass is 10.2. The zero-order valence-electron chi connectivity index (χ0n) is 5.87. The van der Waals surface area contributed by atoms with Gasteiger partial charge in [-0.05, 0) is 22.0 Å². The second-order valence-electron chi connectivity index (χ2n) is 2.19. The van der Waals surface area contributed by atoms with E-state index in [4.69, 9.17) is 17.3 Å². The maximum atomic E-state index is 13.1. The molecule has 2 N–H and O–H groups in total. The summed E-state index contributed by atoms with van der Waals surface area (Å²) in [5.41, 5.74) is 5.46. The SMILES string of the molecule is Nc1cc(F)c(Br)c(F)c1CCl. The van der Waals surface area contributed by atoms with Crippen molar-refractivity contribution in [3.05, 3.63) is 27.7 Å². The van der Waals surface area contributed by atoms with Crippen molar-refractivity contribution in [3.8, 4) is 0 Å². The fraction of sp³-hybridized carbons (Fsp3) is 0.143. The molecule has 0 saturated heterocycles. The Kier molecular flexibility index (Phi) is 2.90. The van der Waals surface area contributed by atoms with E-state index in [0.29, 0.717) is 0 Å². The third kappa shape index (κ3) is 1.54. The lowest BCUT2D eigenvalue weighted by molar-refractivity contribution is 0.566. The molecule has 0 aromatic heterocycles. The smallest absolute Gasteiger partial charge is 0.146 e. The highest BCUT2D eigenvalue weighted by atomic mass is 79.9. The van der Waals surface area contributed by atoms with Crippen LogP contribution in [0.3, 0.4) is 0 Å². The Bertz CT molecular complexity index is 317. The molecule has 0 heterocycles. The maximum absolute atomic E-state index is 13.1. The first-order valence-electron chi connectivity index (χ1n) is 3.05. The predicted octanol–water partition coefficient (Wildman–Crippen LogP) is 3.05. The Morgan fingerprint density at radius 2 is 2.08 bits per heavy atom. The van der Waals surface area contributed by atoms with Crippen LogP contribution < -0.4 is 5.73 Å². The van der Waals surface area contributed by atoms with Gasteiger partial charge < -0.3 is 5.73 Å². The van der Waals surface area contributed by atoms with E-state index < -0.39 is 11.6 Å². The van der Waals surface area contributed by atoms with Crippen LogP contribution in [0.25, 0.3) is 0 Å². The van der Waals surface area contributed by atoms with Crippen molar-refractivity contribution in [1.29, 1.82) is 0 Å². The van der Waals surface area contributed by atoms with Crippen molar-refractivity contribution in [2.45, 2.75) is 5.88 Å². The van der Waals surface area contributed by atoms with E-state index in [0.717, 1.165) is 6.07 Å². The van der Waals surface area contributed by atoms with Crippen LogP contribution >= 0.6 is 27.5 Å². The lowest BCUT2D eigenvalue weighted by Crippen LogP contribution is -1.99. The van der Waals surface area contributed by atoms with Gasteiger partial charge in [-0.15, -0.1) is 11.6 Å². The Balaban J connectivity index is 3.40. The monoisotopic (exact) mass is 255 g/mol. The van der Waals surface area contributed by atoms with Crippen LogP contribution in [0, 0.1) is 11.6 Å². The van der Waals surface area contributed by atoms with Gasteiger partial charge in [0, 0.05) is 11.3 Å². The number of nitrogen functional groups attached to an aromatic ring is 1. The summed E-state index contributed by atoms with van der Waals surface area (Å²) in [6.45, 7) is 0. The standard InChI is InChI=1S/C7H5BrClF2N/c8-6-4(10)1-5(12)3(2-9)7(6)11/h1H,2,12H2. The lowest BCUT2D eigenvalue weighted by Gasteiger charge is -2.05. The summed E-state index contributed by atoms with van der Waals surface area (Å²) in [6.07, 6.45) is 0. The second-order valence-corrected chi connectivity index (χ2v) is 3.25. The fourth-order valence-corrected chi connectivity index (χ4v) is 1.41. The summed E-state index contributed by atoms with van der Waals surface area (Å²) in [5, 5.41) is 0. The molecule has 0 aliphatic carbocycles. The van der Waals surface area contributed by atoms with Gasteiger partial charge in [-0.25, -0.2) is 8.78 Å². The molecule has 0 bridgehead atoms. The molecule has 0 aliphatic heterocycles. The topological polar surface area (TPSA) is 26.0 Å². The van der Waals surface area contributed by atoms with Gasteiger partial charge in [0.2, 0.25) is 0 Å². The van der Waals surface area contributed by atoms with Crippen LogP contribution in [0.1, 0.15) is 5.56 Å². The highest BCUT2D eigenvalue weighted by Crippen LogP contribution is 2.28. The van der Waals surface area contributed by atoms with E-state index in [1.54, 1.807) is 0 Å². The number of hydrogen-bond acceptors (Lipinski definition) is 1. The van der Waals surface area contributed by atoms with Gasteiger partial charge in [0.15, 0.2) is 0 Å². The summed E-state index contributed by atoms with van der Waals surface area (Å²) in [7, 11) is 0. The summed E-state index contributed by atoms with van der Waals surface area (Å²) in [5.74, 6) is -1.53. The molecule has 5 heteroatoms. The van der Waals surface area contributed by atoms with Gasteiger partial charge in [-0.1, -0.05) is 0 Å². The molecule has 0 unspecified atom stereocenters. The van der Waals surface area contributed by atoms with Crippen LogP contribution in [-0.2, 0) is 5.88 Å². The first-order chi connectivity index (χ1) is 5.57. The summed E-state index contributed by atoms with van der Waals surface area (Å²) >= 11 is 8.14. The number of rotatable bonds is 1. The molecule has 1 nitrogen and oxygen atoms in total. The van der Waals surface area contributed by atoms with E-state index in [-0.39, 0.29) is 21.6 Å². The molecule has 1 aromatic carbocycles. The number of alkyl halides is 1. The Morgan fingerprint density at radius 3 is 2.58 bits per heavy atom. The van der Waals surface area contributed by atoms with Gasteiger partial charge in [-0.2, -0.15) is 0 Å². The number of anilines is 1. The Morgan fingerprint density at radius 1 is 1.50 bits per heavy atom. The molecule has 0 spiro atoms. The average Bonchev–Trinajstić information content (AvgIpc) is 2.01. The van der Waals surface area contributed by atoms with Crippen LogP contribution in [0.2, 0.25) is 0 Å². The molecule has 0 saturated carbocycles. The molecule has 1 rings (SSSR count). The number of nitrogens with two attached hydrogens (primary N) is 1. The molecule has 0 amide bonds. The minimum absolute atomic E-state index is 0.0307. The van der Waals surface area contributed by atoms with Gasteiger partial charge in [0.05, 0.1) is 10.4 Å². The maximum Gasteiger partial charge on any atom is 0.146 e. The van der Waals surface area contributed by atoms with Crippen molar-refractivity contribution >= 4 is 33.2 Å². The van der Waals surface area contributed by atoms with Crippen molar-refractivity contribution < 1.29 is 8.78 Å². The fourth-order valence-electron chi connectivity index (χ4n) is 0.787. The van der Waals surface area contributed by atoms with Crippen LogP contribution in [-0.4, -0.2) is 0 Å². The minimum atomic E-state index is -0.734. The van der Waals surface area contributed by atoms with E-state index in [1.165, 1.54) is 0 Å². The second kappa shape index (κ2) is 3.58. The summed E-state index contributed by atoms with van der Waals surface area (Å²) < 4.78 is 25.6. The van der Waals surface area contributed by atoms with Gasteiger partial charge in [-0.3, -0.25) is 0 Å². The number of halogens is 4. The highest BCUT2D eigenvalue weighted by molar-refractivity contribution is 9.10. The van der Waals surface area contributed by atoms with Crippen LogP contribution in [0.4, 0.5) is 14.5 Å². The molecule has 0 aliphatic rings. The minimum Gasteiger partial charge on any atom is -0.398 e. The largest absolute Gasteiger partial charge is 0.398 e. The molecule has 66 valence electrons. The van der Waals surface area contributed by atoms with Crippen molar-refractivity contribution in [2.24, 2.45) is 0 Å². The van der Waals surface area contributed by atoms with Crippen molar-refractivity contribution in [1.82, 2.24) is 0 Å². The van der Waals surface area contributed by atoms with E-state index in [9.17, 15) is 8.78 Å². The molecule has 0 radical (unpaired) electrons. The summed E-state index contributed by atoms with van der Waals surface area (Å²) in [4.78, 5) is 0. The Labute approximate surface area is 81.6 Å².